The van der Waals surface area contributed by atoms with E-state index in [9.17, 15) is 9.59 Å². The first kappa shape index (κ1) is 20.6. The number of para-hydroxylation sites is 1. The Kier molecular flexibility index (Phi) is 4.68. The van der Waals surface area contributed by atoms with Crippen molar-refractivity contribution < 1.29 is 23.5 Å². The summed E-state index contributed by atoms with van der Waals surface area (Å²) in [5.41, 5.74) is 1.54. The molecular formula is C27H29NO5. The number of benzene rings is 2. The number of carbonyl (C=O) groups excluding carboxylic acids is 2. The third kappa shape index (κ3) is 3.38. The summed E-state index contributed by atoms with van der Waals surface area (Å²) in [5.74, 6) is 1.90. The van der Waals surface area contributed by atoms with Gasteiger partial charge in [-0.15, -0.1) is 0 Å². The summed E-state index contributed by atoms with van der Waals surface area (Å²) in [6.07, 6.45) is 5.64. The first-order valence-electron chi connectivity index (χ1n) is 12.0. The summed E-state index contributed by atoms with van der Waals surface area (Å²) in [6.45, 7) is 1.64. The number of methoxy groups -OCH3 is 1. The van der Waals surface area contributed by atoms with Gasteiger partial charge in [-0.25, -0.2) is 0 Å². The lowest BCUT2D eigenvalue weighted by Gasteiger charge is -2.55. The van der Waals surface area contributed by atoms with Crippen LogP contribution in [-0.4, -0.2) is 25.1 Å². The Morgan fingerprint density at radius 2 is 1.67 bits per heavy atom. The van der Waals surface area contributed by atoms with E-state index in [-0.39, 0.29) is 17.3 Å². The fourth-order valence-corrected chi connectivity index (χ4v) is 6.95. The van der Waals surface area contributed by atoms with Gasteiger partial charge in [0.1, 0.15) is 16.9 Å². The number of furan rings is 1. The molecule has 4 fully saturated rings. The molecule has 4 aliphatic rings. The highest BCUT2D eigenvalue weighted by Crippen LogP contribution is 2.60. The maximum atomic E-state index is 13.2. The van der Waals surface area contributed by atoms with Crippen molar-refractivity contribution in [3.63, 3.8) is 0 Å². The second-order valence-corrected chi connectivity index (χ2v) is 10.4. The Labute approximate surface area is 192 Å². The third-order valence-electron chi connectivity index (χ3n) is 8.08. The van der Waals surface area contributed by atoms with Crippen molar-refractivity contribution in [1.29, 1.82) is 0 Å². The number of rotatable bonds is 5. The predicted octanol–water partition coefficient (Wildman–Crippen LogP) is 5.68. The molecule has 3 aromatic rings. The Bertz CT molecular complexity index is 1220. The van der Waals surface area contributed by atoms with Crippen molar-refractivity contribution in [3.8, 4) is 5.75 Å². The molecule has 4 bridgehead atoms. The van der Waals surface area contributed by atoms with Crippen LogP contribution in [0.25, 0.3) is 21.9 Å². The predicted molar refractivity (Wildman–Crippen MR) is 125 cm³/mol. The second-order valence-electron chi connectivity index (χ2n) is 10.4. The highest BCUT2D eigenvalue weighted by molar-refractivity contribution is 6.08. The van der Waals surface area contributed by atoms with Crippen LogP contribution in [0.5, 0.6) is 5.75 Å². The molecule has 33 heavy (non-hydrogen) atoms. The van der Waals surface area contributed by atoms with Gasteiger partial charge in [0.05, 0.1) is 18.2 Å². The van der Waals surface area contributed by atoms with Crippen molar-refractivity contribution in [2.45, 2.75) is 51.6 Å². The van der Waals surface area contributed by atoms with Crippen LogP contribution in [0.2, 0.25) is 0 Å². The van der Waals surface area contributed by atoms with Gasteiger partial charge < -0.3 is 19.2 Å². The monoisotopic (exact) mass is 447 g/mol. The molecule has 0 radical (unpaired) electrons. The molecule has 172 valence electrons. The van der Waals surface area contributed by atoms with Crippen LogP contribution < -0.4 is 10.1 Å². The molecule has 1 amide bonds. The summed E-state index contributed by atoms with van der Waals surface area (Å²) in [4.78, 5) is 26.2. The number of esters is 1. The topological polar surface area (TPSA) is 77.8 Å². The lowest BCUT2D eigenvalue weighted by Crippen LogP contribution is -2.51. The lowest BCUT2D eigenvalue weighted by molar-refractivity contribution is -0.177. The third-order valence-corrected chi connectivity index (χ3v) is 8.08. The minimum atomic E-state index is -0.887. The van der Waals surface area contributed by atoms with Crippen molar-refractivity contribution >= 4 is 39.5 Å². The molecule has 0 saturated heterocycles. The summed E-state index contributed by atoms with van der Waals surface area (Å²) >= 11 is 0. The van der Waals surface area contributed by atoms with E-state index in [4.69, 9.17) is 13.9 Å². The number of amides is 1. The second kappa shape index (κ2) is 7.51. The largest absolute Gasteiger partial charge is 0.495 e. The van der Waals surface area contributed by atoms with Gasteiger partial charge in [0, 0.05) is 16.8 Å². The summed E-state index contributed by atoms with van der Waals surface area (Å²) in [6, 6.07) is 11.4. The fourth-order valence-electron chi connectivity index (χ4n) is 6.95. The highest BCUT2D eigenvalue weighted by Gasteiger charge is 2.55. The molecule has 1 heterocycles. The van der Waals surface area contributed by atoms with E-state index in [1.807, 2.05) is 30.3 Å². The van der Waals surface area contributed by atoms with Crippen LogP contribution in [0.4, 0.5) is 5.69 Å². The van der Waals surface area contributed by atoms with E-state index in [0.29, 0.717) is 34.8 Å². The Hall–Kier alpha value is -3.02. The van der Waals surface area contributed by atoms with E-state index in [0.717, 1.165) is 35.6 Å². The number of fused-ring (bicyclic) bond motifs is 3. The van der Waals surface area contributed by atoms with Gasteiger partial charge >= 0.3 is 5.97 Å². The van der Waals surface area contributed by atoms with Crippen LogP contribution in [0.3, 0.4) is 0 Å². The van der Waals surface area contributed by atoms with E-state index < -0.39 is 6.10 Å². The zero-order valence-corrected chi connectivity index (χ0v) is 19.1. The SMILES string of the molecule is COc1cc2c(cc1NC(=O)C(C)OC(=O)C13CC4CC(CC(C4)C1)C3)oc1ccccc12. The molecule has 6 heteroatoms. The average molecular weight is 448 g/mol. The molecule has 1 unspecified atom stereocenters. The van der Waals surface area contributed by atoms with Crippen LogP contribution in [0, 0.1) is 23.2 Å². The molecular weight excluding hydrogens is 418 g/mol. The minimum absolute atomic E-state index is 0.191. The zero-order chi connectivity index (χ0) is 22.7. The van der Waals surface area contributed by atoms with Crippen molar-refractivity contribution in [2.24, 2.45) is 23.2 Å². The van der Waals surface area contributed by atoms with Crippen molar-refractivity contribution in [3.05, 3.63) is 36.4 Å². The smallest absolute Gasteiger partial charge is 0.312 e. The number of nitrogens with one attached hydrogen (secondary N) is 1. The first-order chi connectivity index (χ1) is 15.9. The average Bonchev–Trinajstić information content (AvgIpc) is 3.14. The fraction of sp³-hybridized carbons (Fsp3) is 0.481. The highest BCUT2D eigenvalue weighted by atomic mass is 16.5. The van der Waals surface area contributed by atoms with Crippen LogP contribution in [-0.2, 0) is 14.3 Å². The minimum Gasteiger partial charge on any atom is -0.495 e. The van der Waals surface area contributed by atoms with E-state index >= 15 is 0 Å². The van der Waals surface area contributed by atoms with Crippen LogP contribution in [0.15, 0.2) is 40.8 Å². The summed E-state index contributed by atoms with van der Waals surface area (Å²) in [7, 11) is 1.57. The molecule has 7 rings (SSSR count). The molecule has 2 aromatic carbocycles. The molecule has 0 spiro atoms. The maximum Gasteiger partial charge on any atom is 0.312 e. The molecule has 4 saturated carbocycles. The molecule has 1 aromatic heterocycles. The zero-order valence-electron chi connectivity index (χ0n) is 19.1. The van der Waals surface area contributed by atoms with Gasteiger partial charge in [-0.3, -0.25) is 9.59 Å². The Morgan fingerprint density at radius 3 is 2.33 bits per heavy atom. The number of carbonyl (C=O) groups is 2. The number of hydrogen-bond acceptors (Lipinski definition) is 5. The van der Waals surface area contributed by atoms with E-state index in [1.54, 1.807) is 20.1 Å². The summed E-state index contributed by atoms with van der Waals surface area (Å²) in [5, 5.41) is 4.78. The van der Waals surface area contributed by atoms with Crippen LogP contribution in [0.1, 0.15) is 45.4 Å². The van der Waals surface area contributed by atoms with Gasteiger partial charge in [-0.1, -0.05) is 18.2 Å². The molecule has 4 aliphatic carbocycles. The van der Waals surface area contributed by atoms with Crippen molar-refractivity contribution in [1.82, 2.24) is 0 Å². The molecule has 1 N–H and O–H groups in total. The first-order valence-corrected chi connectivity index (χ1v) is 12.0. The van der Waals surface area contributed by atoms with E-state index in [1.165, 1.54) is 19.3 Å². The quantitative estimate of drug-likeness (QED) is 0.509. The van der Waals surface area contributed by atoms with Gasteiger partial charge in [-0.05, 0) is 75.3 Å². The van der Waals surface area contributed by atoms with E-state index in [2.05, 4.69) is 5.32 Å². The molecule has 6 nitrogen and oxygen atoms in total. The number of anilines is 1. The molecule has 1 atom stereocenters. The van der Waals surface area contributed by atoms with Crippen LogP contribution >= 0.6 is 0 Å². The standard InChI is InChI=1S/C27H29NO5/c1-15(32-26(30)27-12-16-7-17(13-27)9-18(8-16)14-27)25(29)28-21-11-23-20(10-24(21)31-2)19-5-3-4-6-22(19)33-23/h3-6,10-11,15-18H,7-9,12-14H2,1-2H3,(H,28,29). The lowest BCUT2D eigenvalue weighted by atomic mass is 9.49. The number of hydrogen-bond donors (Lipinski definition) is 1. The molecule has 0 aliphatic heterocycles. The summed E-state index contributed by atoms with van der Waals surface area (Å²) < 4.78 is 17.2. The Balaban J connectivity index is 1.20. The van der Waals surface area contributed by atoms with Gasteiger partial charge in [0.25, 0.3) is 5.91 Å². The Morgan fingerprint density at radius 1 is 1.00 bits per heavy atom. The van der Waals surface area contributed by atoms with Crippen molar-refractivity contribution in [2.75, 3.05) is 12.4 Å². The number of ether oxygens (including phenoxy) is 2. The van der Waals surface area contributed by atoms with Gasteiger partial charge in [-0.2, -0.15) is 0 Å². The van der Waals surface area contributed by atoms with Gasteiger partial charge in [0.15, 0.2) is 6.10 Å². The maximum absolute atomic E-state index is 13.2. The normalized spacial score (nSPS) is 28.7. The van der Waals surface area contributed by atoms with Gasteiger partial charge in [0.2, 0.25) is 0 Å².